The number of hydrogen-bond acceptors (Lipinski definition) is 6. The van der Waals surface area contributed by atoms with Crippen LogP contribution in [0.25, 0.3) is 0 Å². The summed E-state index contributed by atoms with van der Waals surface area (Å²) in [6, 6.07) is 5.47. The van der Waals surface area contributed by atoms with Gasteiger partial charge in [0.2, 0.25) is 17.7 Å². The fraction of sp³-hybridized carbons (Fsp3) is 0.316. The maximum Gasteiger partial charge on any atom is 0.408 e. The number of imide groups is 1. The second-order valence-electron chi connectivity index (χ2n) is 6.68. The first kappa shape index (κ1) is 20.1. The van der Waals surface area contributed by atoms with Crippen molar-refractivity contribution in [1.29, 1.82) is 0 Å². The van der Waals surface area contributed by atoms with Crippen LogP contribution >= 0.6 is 0 Å². The second-order valence-corrected chi connectivity index (χ2v) is 6.68. The monoisotopic (exact) mass is 401 g/mol. The fourth-order valence-electron chi connectivity index (χ4n) is 3.49. The summed E-state index contributed by atoms with van der Waals surface area (Å²) in [6.07, 6.45) is 2.65. The molecule has 4 amide bonds. The van der Waals surface area contributed by atoms with Gasteiger partial charge in [-0.15, -0.1) is 0 Å². The smallest absolute Gasteiger partial charge is 0.408 e. The highest BCUT2D eigenvalue weighted by atomic mass is 16.6. The highest BCUT2D eigenvalue weighted by Gasteiger charge is 2.52. The summed E-state index contributed by atoms with van der Waals surface area (Å²) in [5.74, 6) is -3.88. The topological polar surface area (TPSA) is 142 Å². The zero-order valence-electron chi connectivity index (χ0n) is 15.5. The number of carboxylic acids is 1. The van der Waals surface area contributed by atoms with Crippen LogP contribution in [0.3, 0.4) is 0 Å². The molecule has 0 unspecified atom stereocenters. The number of benzene rings is 1. The van der Waals surface area contributed by atoms with E-state index in [9.17, 15) is 24.0 Å². The Balaban J connectivity index is 1.76. The van der Waals surface area contributed by atoms with E-state index < -0.39 is 42.5 Å². The number of hydrogen-bond donors (Lipinski definition) is 3. The molecule has 1 saturated heterocycles. The van der Waals surface area contributed by atoms with Gasteiger partial charge in [-0.1, -0.05) is 12.2 Å². The first-order chi connectivity index (χ1) is 13.8. The van der Waals surface area contributed by atoms with Crippen molar-refractivity contribution in [2.45, 2.75) is 19.4 Å². The second kappa shape index (κ2) is 8.13. The first-order valence-corrected chi connectivity index (χ1v) is 8.85. The highest BCUT2D eigenvalue weighted by molar-refractivity contribution is 6.22. The number of fused-ring (bicyclic) bond motifs is 1. The number of nitrogens with zero attached hydrogens (tertiary/aromatic N) is 1. The Morgan fingerprint density at radius 2 is 1.86 bits per heavy atom. The van der Waals surface area contributed by atoms with Crippen molar-refractivity contribution < 1.29 is 33.8 Å². The molecule has 152 valence electrons. The van der Waals surface area contributed by atoms with E-state index in [4.69, 9.17) is 5.11 Å². The van der Waals surface area contributed by atoms with Crippen molar-refractivity contribution in [3.05, 3.63) is 36.4 Å². The van der Waals surface area contributed by atoms with E-state index in [2.05, 4.69) is 15.4 Å². The van der Waals surface area contributed by atoms with E-state index >= 15 is 0 Å². The van der Waals surface area contributed by atoms with Crippen LogP contribution in [0.4, 0.5) is 16.2 Å². The third kappa shape index (κ3) is 4.26. The summed E-state index contributed by atoms with van der Waals surface area (Å²) in [5.41, 5.74) is 0.885. The fourth-order valence-corrected chi connectivity index (χ4v) is 3.49. The van der Waals surface area contributed by atoms with Crippen molar-refractivity contribution in [2.75, 3.05) is 16.8 Å². The molecule has 0 saturated carbocycles. The quantitative estimate of drug-likeness (QED) is 0.491. The Bertz CT molecular complexity index is 894. The van der Waals surface area contributed by atoms with Gasteiger partial charge in [0.25, 0.3) is 0 Å². The zero-order valence-corrected chi connectivity index (χ0v) is 15.5. The minimum absolute atomic E-state index is 0.244. The largest absolute Gasteiger partial charge is 0.479 e. The number of aliphatic carboxylic acids is 1. The van der Waals surface area contributed by atoms with Gasteiger partial charge in [-0.25, -0.2) is 14.5 Å². The Kier molecular flexibility index (Phi) is 5.62. The average molecular weight is 401 g/mol. The molecule has 1 aliphatic heterocycles. The molecule has 1 fully saturated rings. The maximum absolute atomic E-state index is 13.0. The number of carboxylic acid groups (broad SMARTS) is 1. The lowest BCUT2D eigenvalue weighted by Crippen LogP contribution is -2.45. The van der Waals surface area contributed by atoms with E-state index in [1.54, 1.807) is 36.4 Å². The van der Waals surface area contributed by atoms with Crippen molar-refractivity contribution in [3.63, 3.8) is 0 Å². The highest BCUT2D eigenvalue weighted by Crippen LogP contribution is 2.38. The minimum atomic E-state index is -1.31. The van der Waals surface area contributed by atoms with Gasteiger partial charge in [-0.05, 0) is 30.7 Å². The van der Waals surface area contributed by atoms with E-state index in [1.165, 1.54) is 6.92 Å². The molecule has 3 N–H and O–H groups in total. The molecular weight excluding hydrogens is 382 g/mol. The van der Waals surface area contributed by atoms with Crippen LogP contribution in [0.1, 0.15) is 13.3 Å². The number of allylic oxidation sites excluding steroid dienone is 1. The molecule has 10 heteroatoms. The molecule has 1 aliphatic carbocycles. The number of nitrogens with one attached hydrogen (secondary N) is 2. The number of anilines is 2. The van der Waals surface area contributed by atoms with Crippen LogP contribution in [0, 0.1) is 11.8 Å². The number of alkyl carbamates (subject to hydrolysis) is 1. The van der Waals surface area contributed by atoms with E-state index in [1.807, 2.05) is 0 Å². The Labute approximate surface area is 165 Å². The molecule has 0 radical (unpaired) electrons. The van der Waals surface area contributed by atoms with Gasteiger partial charge in [0, 0.05) is 12.6 Å². The number of amides is 4. The minimum Gasteiger partial charge on any atom is -0.479 e. The molecule has 3 rings (SSSR count). The van der Waals surface area contributed by atoms with E-state index in [-0.39, 0.29) is 11.8 Å². The molecule has 1 aromatic rings. The molecule has 1 heterocycles. The summed E-state index contributed by atoms with van der Waals surface area (Å²) < 4.78 is 4.55. The predicted octanol–water partition coefficient (Wildman–Crippen LogP) is 0.890. The van der Waals surface area contributed by atoms with Crippen molar-refractivity contribution >= 4 is 41.2 Å². The van der Waals surface area contributed by atoms with Crippen LogP contribution in [0.2, 0.25) is 0 Å². The van der Waals surface area contributed by atoms with Gasteiger partial charge in [0.1, 0.15) is 0 Å². The van der Waals surface area contributed by atoms with Crippen molar-refractivity contribution in [2.24, 2.45) is 11.8 Å². The lowest BCUT2D eigenvalue weighted by molar-refractivity contribution is -0.140. The molecule has 1 aromatic carbocycles. The third-order valence-electron chi connectivity index (χ3n) is 4.65. The van der Waals surface area contributed by atoms with Gasteiger partial charge >= 0.3 is 12.1 Å². The van der Waals surface area contributed by atoms with Gasteiger partial charge in [0.05, 0.1) is 23.6 Å². The van der Waals surface area contributed by atoms with Crippen LogP contribution < -0.4 is 15.5 Å². The molecule has 0 bridgehead atoms. The van der Waals surface area contributed by atoms with Crippen molar-refractivity contribution in [1.82, 2.24) is 5.32 Å². The average Bonchev–Trinajstić information content (AvgIpc) is 2.92. The number of carbonyl (C=O) groups excluding carboxylic acids is 4. The van der Waals surface area contributed by atoms with Crippen molar-refractivity contribution in [3.8, 4) is 0 Å². The Morgan fingerprint density at radius 3 is 2.48 bits per heavy atom. The summed E-state index contributed by atoms with van der Waals surface area (Å²) >= 11 is 0. The molecular formula is C19H19N3O7. The van der Waals surface area contributed by atoms with E-state index in [0.717, 1.165) is 4.90 Å². The molecule has 0 spiro atoms. The Hall–Kier alpha value is -3.69. The maximum atomic E-state index is 13.0. The summed E-state index contributed by atoms with van der Waals surface area (Å²) in [5, 5.41) is 13.6. The number of rotatable bonds is 5. The first-order valence-electron chi connectivity index (χ1n) is 8.85. The lowest BCUT2D eigenvalue weighted by atomic mass is 9.81. The zero-order chi connectivity index (χ0) is 21.1. The molecule has 3 atom stereocenters. The standard InChI is InChI=1S/C19H19N3O7/c1-10(23)20-11-5-7-12(8-6-11)22-17(26)13-3-2-4-14(16(13)18(22)27)21-19(28)29-9-15(24)25/h2,4-8,13-14,16H,3,9H2,1H3,(H,20,23)(H,21,28)(H,24,25)/t13-,14+,16-/m1/s1. The molecule has 29 heavy (non-hydrogen) atoms. The van der Waals surface area contributed by atoms with Crippen LogP contribution in [0.15, 0.2) is 36.4 Å². The van der Waals surface area contributed by atoms with Crippen LogP contribution in [-0.4, -0.2) is 47.5 Å². The predicted molar refractivity (Wildman–Crippen MR) is 99.9 cm³/mol. The van der Waals surface area contributed by atoms with Gasteiger partial charge in [0.15, 0.2) is 6.61 Å². The third-order valence-corrected chi connectivity index (χ3v) is 4.65. The summed E-state index contributed by atoms with van der Waals surface area (Å²) in [4.78, 5) is 60.3. The van der Waals surface area contributed by atoms with Gasteiger partial charge in [-0.3, -0.25) is 14.4 Å². The van der Waals surface area contributed by atoms with Gasteiger partial charge in [-0.2, -0.15) is 0 Å². The Morgan fingerprint density at radius 1 is 1.17 bits per heavy atom. The molecule has 2 aliphatic rings. The SMILES string of the molecule is CC(=O)Nc1ccc(N2C(=O)[C@H]3[C@@H](NC(=O)OCC(=O)O)C=CC[C@H]3C2=O)cc1. The summed E-state index contributed by atoms with van der Waals surface area (Å²) in [6.45, 7) is 0.559. The van der Waals surface area contributed by atoms with E-state index in [0.29, 0.717) is 17.8 Å². The van der Waals surface area contributed by atoms with Gasteiger partial charge < -0.3 is 20.5 Å². The van der Waals surface area contributed by atoms with Crippen LogP contribution in [-0.2, 0) is 23.9 Å². The normalized spacial score (nSPS) is 22.8. The number of ether oxygens (including phenoxy) is 1. The lowest BCUT2D eigenvalue weighted by Gasteiger charge is -2.26. The molecule has 0 aromatic heterocycles. The summed E-state index contributed by atoms with van der Waals surface area (Å²) in [7, 11) is 0. The number of carbonyl (C=O) groups is 5. The molecule has 10 nitrogen and oxygen atoms in total. The van der Waals surface area contributed by atoms with Crippen LogP contribution in [0.5, 0.6) is 0 Å².